The summed E-state index contributed by atoms with van der Waals surface area (Å²) >= 11 is 0. The maximum absolute atomic E-state index is 4.66. The molecule has 2 aromatic rings. The molecule has 0 unspecified atom stereocenters. The highest BCUT2D eigenvalue weighted by Gasteiger charge is 2.19. The number of hydrogen-bond acceptors (Lipinski definition) is 2. The summed E-state index contributed by atoms with van der Waals surface area (Å²) in [4.78, 5) is 2.51. The first-order valence-electron chi connectivity index (χ1n) is 7.45. The molecule has 0 saturated heterocycles. The quantitative estimate of drug-likeness (QED) is 0.853. The van der Waals surface area contributed by atoms with Gasteiger partial charge in [-0.15, -0.1) is 0 Å². The third-order valence-electron chi connectivity index (χ3n) is 4.14. The summed E-state index contributed by atoms with van der Waals surface area (Å²) in [5.74, 6) is 0.538. The molecule has 0 N–H and O–H groups in total. The molecule has 0 saturated carbocycles. The molecule has 1 aliphatic rings. The van der Waals surface area contributed by atoms with E-state index in [9.17, 15) is 0 Å². The van der Waals surface area contributed by atoms with E-state index in [1.54, 1.807) is 0 Å². The molecule has 0 bridgehead atoms. The molecule has 0 atom stereocenters. The first-order chi connectivity index (χ1) is 9.63. The Morgan fingerprint density at radius 2 is 1.95 bits per heavy atom. The zero-order valence-electron chi connectivity index (χ0n) is 12.6. The Hall–Kier alpha value is -1.61. The molecule has 0 amide bonds. The highest BCUT2D eigenvalue weighted by molar-refractivity contribution is 5.29. The van der Waals surface area contributed by atoms with Crippen LogP contribution >= 0.6 is 0 Å². The van der Waals surface area contributed by atoms with Crippen molar-refractivity contribution in [2.24, 2.45) is 7.05 Å². The molecule has 0 fully saturated rings. The van der Waals surface area contributed by atoms with Gasteiger partial charge in [0.2, 0.25) is 0 Å². The normalized spacial score (nSPS) is 15.6. The summed E-state index contributed by atoms with van der Waals surface area (Å²) in [5, 5.41) is 4.66. The fraction of sp³-hybridized carbons (Fsp3) is 0.471. The first kappa shape index (κ1) is 13.4. The second kappa shape index (κ2) is 5.41. The van der Waals surface area contributed by atoms with E-state index >= 15 is 0 Å². The van der Waals surface area contributed by atoms with Crippen LogP contribution in [0.4, 0.5) is 0 Å². The Balaban J connectivity index is 1.77. The van der Waals surface area contributed by atoms with Crippen molar-refractivity contribution < 1.29 is 0 Å². The van der Waals surface area contributed by atoms with Crippen LogP contribution in [-0.2, 0) is 26.6 Å². The predicted molar refractivity (Wildman–Crippen MR) is 81.6 cm³/mol. The smallest absolute Gasteiger partial charge is 0.0799 e. The number of aryl methyl sites for hydroxylation is 1. The molecular formula is C17H23N3. The zero-order chi connectivity index (χ0) is 14.1. The van der Waals surface area contributed by atoms with Crippen molar-refractivity contribution in [1.82, 2.24) is 14.7 Å². The topological polar surface area (TPSA) is 21.1 Å². The van der Waals surface area contributed by atoms with Gasteiger partial charge in [0.15, 0.2) is 0 Å². The van der Waals surface area contributed by atoms with Crippen LogP contribution in [0.5, 0.6) is 0 Å². The summed E-state index contributed by atoms with van der Waals surface area (Å²) in [6, 6.07) is 8.79. The molecule has 3 rings (SSSR count). The van der Waals surface area contributed by atoms with Crippen molar-refractivity contribution >= 4 is 0 Å². The van der Waals surface area contributed by atoms with Gasteiger partial charge in [0.25, 0.3) is 0 Å². The molecule has 1 aromatic heterocycles. The summed E-state index contributed by atoms with van der Waals surface area (Å²) < 4.78 is 1.95. The van der Waals surface area contributed by atoms with Gasteiger partial charge in [0, 0.05) is 32.9 Å². The van der Waals surface area contributed by atoms with Gasteiger partial charge in [0.05, 0.1) is 5.69 Å². The minimum absolute atomic E-state index is 0.538. The Morgan fingerprint density at radius 3 is 2.70 bits per heavy atom. The van der Waals surface area contributed by atoms with E-state index < -0.39 is 0 Å². The molecule has 20 heavy (non-hydrogen) atoms. The standard InChI is InChI=1S/C17H23N3/c1-13(2)16-11-19(3)18-17(16)12-20-9-8-14-6-4-5-7-15(14)10-20/h4-7,11,13H,8-10,12H2,1-3H3. The van der Waals surface area contributed by atoms with Crippen LogP contribution in [0, 0.1) is 0 Å². The van der Waals surface area contributed by atoms with Gasteiger partial charge in [0.1, 0.15) is 0 Å². The zero-order valence-corrected chi connectivity index (χ0v) is 12.6. The highest BCUT2D eigenvalue weighted by atomic mass is 15.3. The van der Waals surface area contributed by atoms with Crippen LogP contribution in [0.3, 0.4) is 0 Å². The average molecular weight is 269 g/mol. The Labute approximate surface area is 121 Å². The van der Waals surface area contributed by atoms with E-state index in [-0.39, 0.29) is 0 Å². The largest absolute Gasteiger partial charge is 0.293 e. The molecule has 0 spiro atoms. The second-order valence-corrected chi connectivity index (χ2v) is 6.09. The van der Waals surface area contributed by atoms with Crippen molar-refractivity contribution in [2.75, 3.05) is 6.54 Å². The van der Waals surface area contributed by atoms with E-state index in [4.69, 9.17) is 0 Å². The summed E-state index contributed by atoms with van der Waals surface area (Å²) in [6.07, 6.45) is 3.32. The number of rotatable bonds is 3. The molecule has 2 heterocycles. The second-order valence-electron chi connectivity index (χ2n) is 6.09. The lowest BCUT2D eigenvalue weighted by atomic mass is 9.99. The third-order valence-corrected chi connectivity index (χ3v) is 4.14. The van der Waals surface area contributed by atoms with Gasteiger partial charge in [-0.05, 0) is 29.0 Å². The lowest BCUT2D eigenvalue weighted by molar-refractivity contribution is 0.241. The van der Waals surface area contributed by atoms with Crippen LogP contribution in [0.1, 0.15) is 42.1 Å². The number of fused-ring (bicyclic) bond motifs is 1. The van der Waals surface area contributed by atoms with Crippen molar-refractivity contribution in [2.45, 2.75) is 39.3 Å². The van der Waals surface area contributed by atoms with E-state index in [0.717, 1.165) is 26.1 Å². The van der Waals surface area contributed by atoms with Gasteiger partial charge in [-0.25, -0.2) is 0 Å². The molecule has 3 nitrogen and oxygen atoms in total. The van der Waals surface area contributed by atoms with E-state index in [1.807, 2.05) is 11.7 Å². The maximum Gasteiger partial charge on any atom is 0.0799 e. The summed E-state index contributed by atoms with van der Waals surface area (Å²) in [5.41, 5.74) is 5.60. The van der Waals surface area contributed by atoms with Crippen LogP contribution in [-0.4, -0.2) is 21.2 Å². The lowest BCUT2D eigenvalue weighted by Gasteiger charge is -2.28. The van der Waals surface area contributed by atoms with E-state index in [2.05, 4.69) is 54.3 Å². The number of aromatic nitrogens is 2. The Kier molecular flexibility index (Phi) is 3.62. The van der Waals surface area contributed by atoms with Crippen LogP contribution in [0.25, 0.3) is 0 Å². The predicted octanol–water partition coefficient (Wildman–Crippen LogP) is 3.10. The molecule has 3 heteroatoms. The highest BCUT2D eigenvalue weighted by Crippen LogP contribution is 2.23. The van der Waals surface area contributed by atoms with E-state index in [0.29, 0.717) is 5.92 Å². The maximum atomic E-state index is 4.66. The molecular weight excluding hydrogens is 246 g/mol. The molecule has 0 aliphatic carbocycles. The van der Waals surface area contributed by atoms with Crippen molar-refractivity contribution in [3.63, 3.8) is 0 Å². The first-order valence-corrected chi connectivity index (χ1v) is 7.45. The van der Waals surface area contributed by atoms with Crippen molar-refractivity contribution in [3.8, 4) is 0 Å². The van der Waals surface area contributed by atoms with E-state index in [1.165, 1.54) is 22.4 Å². The minimum atomic E-state index is 0.538. The number of hydrogen-bond donors (Lipinski definition) is 0. The third kappa shape index (κ3) is 2.63. The van der Waals surface area contributed by atoms with Crippen LogP contribution < -0.4 is 0 Å². The minimum Gasteiger partial charge on any atom is -0.293 e. The fourth-order valence-electron chi connectivity index (χ4n) is 3.06. The van der Waals surface area contributed by atoms with Crippen molar-refractivity contribution in [3.05, 3.63) is 52.8 Å². The van der Waals surface area contributed by atoms with Gasteiger partial charge < -0.3 is 0 Å². The van der Waals surface area contributed by atoms with Gasteiger partial charge in [-0.3, -0.25) is 9.58 Å². The van der Waals surface area contributed by atoms with Gasteiger partial charge in [-0.1, -0.05) is 38.1 Å². The van der Waals surface area contributed by atoms with Gasteiger partial charge >= 0.3 is 0 Å². The molecule has 1 aliphatic heterocycles. The lowest BCUT2D eigenvalue weighted by Crippen LogP contribution is -2.30. The average Bonchev–Trinajstić information content (AvgIpc) is 2.80. The van der Waals surface area contributed by atoms with Crippen molar-refractivity contribution in [1.29, 1.82) is 0 Å². The Bertz CT molecular complexity index is 598. The molecule has 1 aromatic carbocycles. The number of benzene rings is 1. The number of nitrogens with zero attached hydrogens (tertiary/aromatic N) is 3. The summed E-state index contributed by atoms with van der Waals surface area (Å²) in [7, 11) is 2.01. The molecule has 0 radical (unpaired) electrons. The fourth-order valence-corrected chi connectivity index (χ4v) is 3.06. The molecule has 106 valence electrons. The van der Waals surface area contributed by atoms with Crippen LogP contribution in [0.2, 0.25) is 0 Å². The summed E-state index contributed by atoms with van der Waals surface area (Å²) in [6.45, 7) is 7.62. The SMILES string of the molecule is CC(C)c1cn(C)nc1CN1CCc2ccccc2C1. The van der Waals surface area contributed by atoms with Crippen LogP contribution in [0.15, 0.2) is 30.5 Å². The Morgan fingerprint density at radius 1 is 1.20 bits per heavy atom. The van der Waals surface area contributed by atoms with Gasteiger partial charge in [-0.2, -0.15) is 5.10 Å². The monoisotopic (exact) mass is 269 g/mol.